The highest BCUT2D eigenvalue weighted by atomic mass is 16.4. The van der Waals surface area contributed by atoms with Crippen LogP contribution in [-0.2, 0) is 9.59 Å². The average Bonchev–Trinajstić information content (AvgIpc) is 2.61. The van der Waals surface area contributed by atoms with Crippen LogP contribution in [-0.4, -0.2) is 23.0 Å². The second-order valence-electron chi connectivity index (χ2n) is 5.96. The highest BCUT2D eigenvalue weighted by Crippen LogP contribution is 2.25. The first kappa shape index (κ1) is 17.7. The molecule has 0 saturated heterocycles. The SMILES string of the molecule is CC[C@H](C)[C@H](NC(=O)C(c1ccccc1)c1ccccc1)C(=O)O. The van der Waals surface area contributed by atoms with Gasteiger partial charge in [0.25, 0.3) is 0 Å². The highest BCUT2D eigenvalue weighted by molar-refractivity contribution is 5.90. The maximum Gasteiger partial charge on any atom is 0.326 e. The molecule has 0 aliphatic heterocycles. The summed E-state index contributed by atoms with van der Waals surface area (Å²) < 4.78 is 0. The Morgan fingerprint density at radius 1 is 0.958 bits per heavy atom. The first-order chi connectivity index (χ1) is 11.5. The fourth-order valence-corrected chi connectivity index (χ4v) is 2.71. The molecule has 0 radical (unpaired) electrons. The number of carboxylic acids is 1. The van der Waals surface area contributed by atoms with Gasteiger partial charge in [0.15, 0.2) is 0 Å². The molecule has 0 bridgehead atoms. The van der Waals surface area contributed by atoms with Crippen molar-refractivity contribution in [1.82, 2.24) is 5.32 Å². The third-order valence-corrected chi connectivity index (χ3v) is 4.30. The number of carbonyl (C=O) groups is 2. The molecular formula is C20H23NO3. The lowest BCUT2D eigenvalue weighted by Crippen LogP contribution is -2.46. The summed E-state index contributed by atoms with van der Waals surface area (Å²) in [5, 5.41) is 12.2. The Labute approximate surface area is 142 Å². The highest BCUT2D eigenvalue weighted by Gasteiger charge is 2.30. The number of hydrogen-bond acceptors (Lipinski definition) is 2. The molecule has 0 aromatic heterocycles. The van der Waals surface area contributed by atoms with E-state index in [2.05, 4.69) is 5.32 Å². The molecule has 1 amide bonds. The standard InChI is InChI=1S/C20H23NO3/c1-3-14(2)18(20(23)24)21-19(22)17(15-10-6-4-7-11-15)16-12-8-5-9-13-16/h4-14,17-18H,3H2,1-2H3,(H,21,22)(H,23,24)/t14-,18-/m0/s1. The number of nitrogens with one attached hydrogen (secondary N) is 1. The summed E-state index contributed by atoms with van der Waals surface area (Å²) in [6.07, 6.45) is 0.679. The quantitative estimate of drug-likeness (QED) is 0.819. The number of rotatable bonds is 7. The first-order valence-electron chi connectivity index (χ1n) is 8.17. The van der Waals surface area contributed by atoms with Crippen LogP contribution >= 0.6 is 0 Å². The Kier molecular flexibility index (Phi) is 6.13. The summed E-state index contributed by atoms with van der Waals surface area (Å²) >= 11 is 0. The Hall–Kier alpha value is -2.62. The van der Waals surface area contributed by atoms with E-state index in [-0.39, 0.29) is 11.8 Å². The molecule has 0 aliphatic carbocycles. The molecule has 0 unspecified atom stereocenters. The van der Waals surface area contributed by atoms with Crippen molar-refractivity contribution in [3.8, 4) is 0 Å². The zero-order valence-electron chi connectivity index (χ0n) is 14.0. The van der Waals surface area contributed by atoms with Crippen molar-refractivity contribution >= 4 is 11.9 Å². The topological polar surface area (TPSA) is 66.4 Å². The van der Waals surface area contributed by atoms with Gasteiger partial charge in [0, 0.05) is 0 Å². The van der Waals surface area contributed by atoms with Crippen molar-refractivity contribution in [3.63, 3.8) is 0 Å². The number of benzene rings is 2. The van der Waals surface area contributed by atoms with Crippen molar-refractivity contribution in [2.24, 2.45) is 5.92 Å². The normalized spacial score (nSPS) is 13.3. The van der Waals surface area contributed by atoms with Crippen molar-refractivity contribution in [1.29, 1.82) is 0 Å². The summed E-state index contributed by atoms with van der Waals surface area (Å²) in [6.45, 7) is 3.75. The lowest BCUT2D eigenvalue weighted by atomic mass is 9.89. The van der Waals surface area contributed by atoms with Crippen LogP contribution in [0, 0.1) is 5.92 Å². The largest absolute Gasteiger partial charge is 0.480 e. The lowest BCUT2D eigenvalue weighted by molar-refractivity contribution is -0.143. The number of carboxylic acid groups (broad SMARTS) is 1. The summed E-state index contributed by atoms with van der Waals surface area (Å²) in [4.78, 5) is 24.4. The van der Waals surface area contributed by atoms with Crippen LogP contribution in [0.4, 0.5) is 0 Å². The second kappa shape index (κ2) is 8.29. The van der Waals surface area contributed by atoms with Crippen molar-refractivity contribution in [2.75, 3.05) is 0 Å². The third kappa shape index (κ3) is 4.22. The molecule has 0 fully saturated rings. The summed E-state index contributed by atoms with van der Waals surface area (Å²) in [5.74, 6) is -1.96. The predicted molar refractivity (Wildman–Crippen MR) is 93.7 cm³/mol. The monoisotopic (exact) mass is 325 g/mol. The number of aliphatic carboxylic acids is 1. The van der Waals surface area contributed by atoms with Crippen LogP contribution in [0.15, 0.2) is 60.7 Å². The van der Waals surface area contributed by atoms with E-state index in [9.17, 15) is 14.7 Å². The minimum Gasteiger partial charge on any atom is -0.480 e. The molecule has 4 nitrogen and oxygen atoms in total. The van der Waals surface area contributed by atoms with E-state index in [1.807, 2.05) is 74.5 Å². The van der Waals surface area contributed by atoms with Gasteiger partial charge in [0.05, 0.1) is 5.92 Å². The molecule has 0 aliphatic rings. The Balaban J connectivity index is 2.34. The minimum absolute atomic E-state index is 0.140. The average molecular weight is 325 g/mol. The zero-order chi connectivity index (χ0) is 17.5. The lowest BCUT2D eigenvalue weighted by Gasteiger charge is -2.24. The van der Waals surface area contributed by atoms with Crippen LogP contribution < -0.4 is 5.32 Å². The third-order valence-electron chi connectivity index (χ3n) is 4.30. The van der Waals surface area contributed by atoms with E-state index in [1.54, 1.807) is 0 Å². The summed E-state index contributed by atoms with van der Waals surface area (Å²) in [6, 6.07) is 17.9. The Morgan fingerprint density at radius 3 is 1.79 bits per heavy atom. The van der Waals surface area contributed by atoms with E-state index >= 15 is 0 Å². The van der Waals surface area contributed by atoms with E-state index in [0.717, 1.165) is 11.1 Å². The molecule has 126 valence electrons. The first-order valence-corrected chi connectivity index (χ1v) is 8.17. The van der Waals surface area contributed by atoms with Gasteiger partial charge in [-0.05, 0) is 17.0 Å². The van der Waals surface area contributed by atoms with Gasteiger partial charge in [-0.15, -0.1) is 0 Å². The van der Waals surface area contributed by atoms with Crippen molar-refractivity contribution in [2.45, 2.75) is 32.2 Å². The van der Waals surface area contributed by atoms with Crippen LogP contribution in [0.2, 0.25) is 0 Å². The van der Waals surface area contributed by atoms with Crippen LogP contribution in [0.1, 0.15) is 37.3 Å². The van der Waals surface area contributed by atoms with Crippen LogP contribution in [0.25, 0.3) is 0 Å². The maximum absolute atomic E-state index is 12.9. The summed E-state index contributed by atoms with van der Waals surface area (Å²) in [7, 11) is 0. The molecule has 2 atom stereocenters. The van der Waals surface area contributed by atoms with Crippen LogP contribution in [0.5, 0.6) is 0 Å². The molecule has 4 heteroatoms. The van der Waals surface area contributed by atoms with Gasteiger partial charge in [-0.2, -0.15) is 0 Å². The van der Waals surface area contributed by atoms with E-state index < -0.39 is 17.9 Å². The van der Waals surface area contributed by atoms with Gasteiger partial charge < -0.3 is 10.4 Å². The molecule has 2 rings (SSSR count). The predicted octanol–water partition coefficient (Wildman–Crippen LogP) is 3.43. The maximum atomic E-state index is 12.9. The van der Waals surface area contributed by atoms with Gasteiger partial charge in [-0.1, -0.05) is 80.9 Å². The number of hydrogen-bond donors (Lipinski definition) is 2. The summed E-state index contributed by atoms with van der Waals surface area (Å²) in [5.41, 5.74) is 1.68. The Bertz CT molecular complexity index is 630. The van der Waals surface area contributed by atoms with Gasteiger partial charge in [0.2, 0.25) is 5.91 Å². The number of amides is 1. The molecule has 0 saturated carbocycles. The van der Waals surface area contributed by atoms with E-state index in [4.69, 9.17) is 0 Å². The minimum atomic E-state index is -1.00. The smallest absolute Gasteiger partial charge is 0.326 e. The van der Waals surface area contributed by atoms with Crippen molar-refractivity contribution < 1.29 is 14.7 Å². The fraction of sp³-hybridized carbons (Fsp3) is 0.300. The molecular weight excluding hydrogens is 302 g/mol. The van der Waals surface area contributed by atoms with E-state index in [1.165, 1.54) is 0 Å². The fourth-order valence-electron chi connectivity index (χ4n) is 2.71. The molecule has 2 N–H and O–H groups in total. The molecule has 0 spiro atoms. The van der Waals surface area contributed by atoms with Crippen molar-refractivity contribution in [3.05, 3.63) is 71.8 Å². The molecule has 2 aromatic rings. The molecule has 2 aromatic carbocycles. The van der Waals surface area contributed by atoms with Gasteiger partial charge in [-0.3, -0.25) is 4.79 Å². The van der Waals surface area contributed by atoms with Gasteiger partial charge >= 0.3 is 5.97 Å². The second-order valence-corrected chi connectivity index (χ2v) is 5.96. The van der Waals surface area contributed by atoms with Gasteiger partial charge in [-0.25, -0.2) is 4.79 Å². The number of carbonyl (C=O) groups excluding carboxylic acids is 1. The van der Waals surface area contributed by atoms with Crippen LogP contribution in [0.3, 0.4) is 0 Å². The Morgan fingerprint density at radius 2 is 1.42 bits per heavy atom. The van der Waals surface area contributed by atoms with Gasteiger partial charge in [0.1, 0.15) is 6.04 Å². The molecule has 24 heavy (non-hydrogen) atoms. The van der Waals surface area contributed by atoms with E-state index in [0.29, 0.717) is 6.42 Å². The zero-order valence-corrected chi connectivity index (χ0v) is 14.0. The molecule has 0 heterocycles.